The number of nitrogens with one attached hydrogen (secondary N) is 1. The molecule has 1 aromatic carbocycles. The van der Waals surface area contributed by atoms with Gasteiger partial charge in [0.2, 0.25) is 5.91 Å². The Bertz CT molecular complexity index is 912. The van der Waals surface area contributed by atoms with E-state index >= 15 is 0 Å². The van der Waals surface area contributed by atoms with Crippen molar-refractivity contribution >= 4 is 40.9 Å². The molecule has 1 atom stereocenters. The van der Waals surface area contributed by atoms with Crippen molar-refractivity contribution in [3.63, 3.8) is 0 Å². The van der Waals surface area contributed by atoms with Crippen molar-refractivity contribution in [2.45, 2.75) is 18.1 Å². The molecule has 1 N–H and O–H groups in total. The first-order valence-electron chi connectivity index (χ1n) is 7.76. The van der Waals surface area contributed by atoms with Gasteiger partial charge in [0.1, 0.15) is 0 Å². The summed E-state index contributed by atoms with van der Waals surface area (Å²) in [5.74, 6) is 1.32. The van der Waals surface area contributed by atoms with Crippen LogP contribution in [0, 0.1) is 0 Å². The molecule has 0 aliphatic heterocycles. The summed E-state index contributed by atoms with van der Waals surface area (Å²) in [7, 11) is 1.83. The average Bonchev–Trinajstić information content (AvgIpc) is 3.22. The summed E-state index contributed by atoms with van der Waals surface area (Å²) in [5, 5.41) is 12.8. The number of carbonyl (C=O) groups is 1. The molecule has 1 amide bonds. The summed E-state index contributed by atoms with van der Waals surface area (Å²) in [6, 6.07) is 8.57. The lowest BCUT2D eigenvalue weighted by Crippen LogP contribution is -2.28. The minimum absolute atomic E-state index is 0.129. The third kappa shape index (κ3) is 4.23. The maximum absolute atomic E-state index is 12.2. The zero-order valence-corrected chi connectivity index (χ0v) is 16.4. The smallest absolute Gasteiger partial charge is 0.230 e. The molecule has 0 fully saturated rings. The fraction of sp³-hybridized carbons (Fsp3) is 0.235. The zero-order chi connectivity index (χ0) is 18.7. The van der Waals surface area contributed by atoms with Crippen LogP contribution in [0.25, 0.3) is 11.6 Å². The van der Waals surface area contributed by atoms with E-state index in [1.807, 2.05) is 20.0 Å². The van der Waals surface area contributed by atoms with Crippen molar-refractivity contribution in [3.05, 3.63) is 52.2 Å². The van der Waals surface area contributed by atoms with Crippen LogP contribution in [-0.4, -0.2) is 26.4 Å². The highest BCUT2D eigenvalue weighted by Crippen LogP contribution is 2.27. The van der Waals surface area contributed by atoms with Gasteiger partial charge in [-0.1, -0.05) is 41.0 Å². The predicted octanol–water partition coefficient (Wildman–Crippen LogP) is 4.35. The molecule has 26 heavy (non-hydrogen) atoms. The summed E-state index contributed by atoms with van der Waals surface area (Å²) in [6.45, 7) is 1.87. The van der Waals surface area contributed by atoms with Crippen molar-refractivity contribution < 1.29 is 9.21 Å². The maximum atomic E-state index is 12.2. The van der Waals surface area contributed by atoms with Crippen LogP contribution in [0.3, 0.4) is 0 Å². The summed E-state index contributed by atoms with van der Waals surface area (Å²) in [4.78, 5) is 12.2. The number of benzene rings is 1. The molecule has 0 saturated heterocycles. The van der Waals surface area contributed by atoms with Crippen LogP contribution >= 0.6 is 35.0 Å². The van der Waals surface area contributed by atoms with Crippen LogP contribution in [0.1, 0.15) is 18.5 Å². The van der Waals surface area contributed by atoms with Crippen LogP contribution in [0.15, 0.2) is 46.2 Å². The quantitative estimate of drug-likeness (QED) is 0.611. The molecule has 3 aromatic rings. The van der Waals surface area contributed by atoms with Crippen LogP contribution in [0.5, 0.6) is 0 Å². The second kappa shape index (κ2) is 8.16. The molecule has 2 heterocycles. The van der Waals surface area contributed by atoms with Crippen LogP contribution in [0.4, 0.5) is 0 Å². The number of aromatic nitrogens is 3. The Morgan fingerprint density at radius 1 is 1.35 bits per heavy atom. The van der Waals surface area contributed by atoms with Gasteiger partial charge in [0.05, 0.1) is 18.1 Å². The number of thioether (sulfide) groups is 1. The number of halogens is 2. The highest BCUT2D eigenvalue weighted by atomic mass is 35.5. The molecule has 0 aliphatic rings. The van der Waals surface area contributed by atoms with E-state index in [4.69, 9.17) is 27.6 Å². The first kappa shape index (κ1) is 18.8. The number of nitrogens with zero attached hydrogens (tertiary/aromatic N) is 3. The van der Waals surface area contributed by atoms with Gasteiger partial charge in [-0.2, -0.15) is 0 Å². The second-order valence-electron chi connectivity index (χ2n) is 5.59. The van der Waals surface area contributed by atoms with Crippen molar-refractivity contribution in [1.82, 2.24) is 20.1 Å². The Morgan fingerprint density at radius 2 is 2.15 bits per heavy atom. The van der Waals surface area contributed by atoms with E-state index in [1.54, 1.807) is 35.1 Å². The Hall–Kier alpha value is -1.96. The van der Waals surface area contributed by atoms with E-state index < -0.39 is 0 Å². The Morgan fingerprint density at radius 3 is 2.85 bits per heavy atom. The van der Waals surface area contributed by atoms with Gasteiger partial charge in [0.15, 0.2) is 16.7 Å². The lowest BCUT2D eigenvalue weighted by atomic mass is 10.1. The fourth-order valence-corrected chi connectivity index (χ4v) is 3.70. The number of hydrogen-bond acceptors (Lipinski definition) is 5. The summed E-state index contributed by atoms with van der Waals surface area (Å²) in [6.07, 6.45) is 1.58. The van der Waals surface area contributed by atoms with Crippen molar-refractivity contribution in [2.24, 2.45) is 7.05 Å². The normalized spacial score (nSPS) is 12.2. The minimum Gasteiger partial charge on any atom is -0.461 e. The molecule has 0 saturated carbocycles. The Kier molecular flexibility index (Phi) is 5.90. The number of furan rings is 1. The van der Waals surface area contributed by atoms with Gasteiger partial charge in [-0.3, -0.25) is 4.79 Å². The van der Waals surface area contributed by atoms with Gasteiger partial charge >= 0.3 is 0 Å². The molecule has 6 nitrogen and oxygen atoms in total. The third-order valence-corrected chi connectivity index (χ3v) is 5.30. The highest BCUT2D eigenvalue weighted by molar-refractivity contribution is 7.99. The van der Waals surface area contributed by atoms with Crippen LogP contribution < -0.4 is 5.32 Å². The van der Waals surface area contributed by atoms with E-state index in [9.17, 15) is 4.79 Å². The predicted molar refractivity (Wildman–Crippen MR) is 102 cm³/mol. The van der Waals surface area contributed by atoms with Gasteiger partial charge in [0.25, 0.3) is 0 Å². The molecule has 0 aliphatic carbocycles. The molecule has 0 radical (unpaired) electrons. The van der Waals surface area contributed by atoms with Crippen molar-refractivity contribution in [1.29, 1.82) is 0 Å². The van der Waals surface area contributed by atoms with E-state index in [0.29, 0.717) is 26.8 Å². The van der Waals surface area contributed by atoms with Gasteiger partial charge < -0.3 is 14.3 Å². The highest BCUT2D eigenvalue weighted by Gasteiger charge is 2.16. The third-order valence-electron chi connectivity index (χ3n) is 3.72. The van der Waals surface area contributed by atoms with E-state index in [2.05, 4.69) is 15.5 Å². The van der Waals surface area contributed by atoms with Gasteiger partial charge in [-0.15, -0.1) is 10.2 Å². The van der Waals surface area contributed by atoms with E-state index in [1.165, 1.54) is 11.8 Å². The van der Waals surface area contributed by atoms with Crippen molar-refractivity contribution in [3.8, 4) is 11.6 Å². The fourth-order valence-electron chi connectivity index (χ4n) is 2.40. The lowest BCUT2D eigenvalue weighted by Gasteiger charge is -2.15. The maximum Gasteiger partial charge on any atom is 0.230 e. The van der Waals surface area contributed by atoms with Gasteiger partial charge in [-0.05, 0) is 36.8 Å². The topological polar surface area (TPSA) is 73.0 Å². The molecule has 9 heteroatoms. The molecule has 136 valence electrons. The van der Waals surface area contributed by atoms with E-state index in [-0.39, 0.29) is 17.7 Å². The number of amides is 1. The molecule has 2 aromatic heterocycles. The molecular formula is C17H16Cl2N4O2S. The lowest BCUT2D eigenvalue weighted by molar-refractivity contribution is -0.119. The number of carbonyl (C=O) groups excluding carboxylic acids is 1. The average molecular weight is 411 g/mol. The van der Waals surface area contributed by atoms with Crippen LogP contribution in [-0.2, 0) is 11.8 Å². The second-order valence-corrected chi connectivity index (χ2v) is 7.37. The van der Waals surface area contributed by atoms with Crippen molar-refractivity contribution in [2.75, 3.05) is 5.75 Å². The largest absolute Gasteiger partial charge is 0.461 e. The monoisotopic (exact) mass is 410 g/mol. The van der Waals surface area contributed by atoms with E-state index in [0.717, 1.165) is 5.56 Å². The Balaban J connectivity index is 1.59. The minimum atomic E-state index is -0.231. The first-order chi connectivity index (χ1) is 12.5. The van der Waals surface area contributed by atoms with Gasteiger partial charge in [-0.25, -0.2) is 0 Å². The number of rotatable bonds is 6. The van der Waals surface area contributed by atoms with Gasteiger partial charge in [0, 0.05) is 17.1 Å². The molecule has 0 spiro atoms. The zero-order valence-electron chi connectivity index (χ0n) is 14.1. The first-order valence-corrected chi connectivity index (χ1v) is 9.50. The molecule has 3 rings (SSSR count). The summed E-state index contributed by atoms with van der Waals surface area (Å²) >= 11 is 13.4. The molecule has 0 unspecified atom stereocenters. The molecule has 0 bridgehead atoms. The standard InChI is InChI=1S/C17H16Cl2N4O2S/c1-10(12-6-5-11(18)8-13(12)19)20-15(24)9-26-17-22-21-16(23(17)2)14-4-3-7-25-14/h3-8,10H,9H2,1-2H3,(H,20,24)/t10-/m0/s1. The summed E-state index contributed by atoms with van der Waals surface area (Å²) < 4.78 is 7.11. The SMILES string of the molecule is C[C@H](NC(=O)CSc1nnc(-c2ccco2)n1C)c1ccc(Cl)cc1Cl. The van der Waals surface area contributed by atoms with Crippen LogP contribution in [0.2, 0.25) is 10.0 Å². The summed E-state index contributed by atoms with van der Waals surface area (Å²) in [5.41, 5.74) is 0.813. The number of hydrogen-bond donors (Lipinski definition) is 1. The Labute approximate surface area is 164 Å². The molecular weight excluding hydrogens is 395 g/mol.